The minimum absolute atomic E-state index is 0.857. The van der Waals surface area contributed by atoms with Gasteiger partial charge in [0.15, 0.2) is 0 Å². The molecule has 0 atom stereocenters. The predicted octanol–water partition coefficient (Wildman–Crippen LogP) is 3.01. The molecule has 0 fully saturated rings. The maximum Gasteiger partial charge on any atom is 0.128 e. The summed E-state index contributed by atoms with van der Waals surface area (Å²) >= 11 is 3.45. The quantitative estimate of drug-likeness (QED) is 0.740. The van der Waals surface area contributed by atoms with Crippen LogP contribution in [0.2, 0.25) is 0 Å². The lowest BCUT2D eigenvalue weighted by Crippen LogP contribution is -2.12. The lowest BCUT2D eigenvalue weighted by atomic mass is 10.2. The third-order valence-electron chi connectivity index (χ3n) is 3.03. The third kappa shape index (κ3) is 1.66. The zero-order chi connectivity index (χ0) is 12.7. The SMILES string of the molecule is CCCc1nc2cnc3cc(Br)ccc3c2n1N. The number of hydrogen-bond acceptors (Lipinski definition) is 3. The van der Waals surface area contributed by atoms with Crippen LogP contribution < -0.4 is 5.84 Å². The monoisotopic (exact) mass is 304 g/mol. The van der Waals surface area contributed by atoms with Crippen LogP contribution in [0.3, 0.4) is 0 Å². The topological polar surface area (TPSA) is 56.7 Å². The summed E-state index contributed by atoms with van der Waals surface area (Å²) in [6, 6.07) is 6.01. The van der Waals surface area contributed by atoms with Gasteiger partial charge in [0.05, 0.1) is 11.7 Å². The van der Waals surface area contributed by atoms with Gasteiger partial charge >= 0.3 is 0 Å². The molecule has 4 nitrogen and oxygen atoms in total. The van der Waals surface area contributed by atoms with Gasteiger partial charge in [0, 0.05) is 16.3 Å². The standard InChI is InChI=1S/C13H13BrN4/c1-2-3-12-17-11-7-16-10-6-8(14)4-5-9(10)13(11)18(12)15/h4-7H,2-3,15H2,1H3. The first kappa shape index (κ1) is 11.5. The van der Waals surface area contributed by atoms with Gasteiger partial charge in [-0.2, -0.15) is 0 Å². The van der Waals surface area contributed by atoms with E-state index >= 15 is 0 Å². The molecule has 0 bridgehead atoms. The maximum absolute atomic E-state index is 6.14. The van der Waals surface area contributed by atoms with Gasteiger partial charge < -0.3 is 5.84 Å². The molecule has 0 saturated heterocycles. The molecule has 2 N–H and O–H groups in total. The molecular formula is C13H13BrN4. The Morgan fingerprint density at radius 2 is 2.17 bits per heavy atom. The number of nitrogens with zero attached hydrogens (tertiary/aromatic N) is 3. The highest BCUT2D eigenvalue weighted by atomic mass is 79.9. The second-order valence-electron chi connectivity index (χ2n) is 4.30. The molecular weight excluding hydrogens is 292 g/mol. The zero-order valence-electron chi connectivity index (χ0n) is 10.0. The zero-order valence-corrected chi connectivity index (χ0v) is 11.6. The smallest absolute Gasteiger partial charge is 0.128 e. The minimum Gasteiger partial charge on any atom is -0.337 e. The third-order valence-corrected chi connectivity index (χ3v) is 3.52. The summed E-state index contributed by atoms with van der Waals surface area (Å²) in [5, 5.41) is 1.04. The van der Waals surface area contributed by atoms with Crippen molar-refractivity contribution in [3.05, 3.63) is 34.7 Å². The molecule has 1 aromatic carbocycles. The number of aryl methyl sites for hydroxylation is 1. The Labute approximate surface area is 113 Å². The average Bonchev–Trinajstić information content (AvgIpc) is 2.67. The number of hydrogen-bond donors (Lipinski definition) is 1. The van der Waals surface area contributed by atoms with E-state index in [1.54, 1.807) is 10.9 Å². The van der Waals surface area contributed by atoms with Gasteiger partial charge in [0.25, 0.3) is 0 Å². The van der Waals surface area contributed by atoms with Crippen LogP contribution in [-0.2, 0) is 6.42 Å². The van der Waals surface area contributed by atoms with E-state index in [0.29, 0.717) is 0 Å². The van der Waals surface area contributed by atoms with Gasteiger partial charge in [0.1, 0.15) is 16.9 Å². The molecule has 2 heterocycles. The molecule has 0 aliphatic carbocycles. The molecule has 3 rings (SSSR count). The highest BCUT2D eigenvalue weighted by Crippen LogP contribution is 2.25. The van der Waals surface area contributed by atoms with Crippen molar-refractivity contribution in [2.45, 2.75) is 19.8 Å². The molecule has 0 radical (unpaired) electrons. The van der Waals surface area contributed by atoms with Crippen molar-refractivity contribution in [1.82, 2.24) is 14.6 Å². The number of rotatable bonds is 2. The molecule has 3 aromatic rings. The fourth-order valence-corrected chi connectivity index (χ4v) is 2.55. The first-order chi connectivity index (χ1) is 8.70. The van der Waals surface area contributed by atoms with Crippen molar-refractivity contribution in [3.63, 3.8) is 0 Å². The second-order valence-corrected chi connectivity index (χ2v) is 5.22. The minimum atomic E-state index is 0.857. The van der Waals surface area contributed by atoms with Crippen LogP contribution in [0, 0.1) is 0 Å². The van der Waals surface area contributed by atoms with E-state index < -0.39 is 0 Å². The molecule has 0 unspecified atom stereocenters. The molecule has 0 amide bonds. The normalized spacial score (nSPS) is 11.4. The molecule has 0 spiro atoms. The molecule has 18 heavy (non-hydrogen) atoms. The van der Waals surface area contributed by atoms with Crippen LogP contribution in [0.1, 0.15) is 19.2 Å². The molecule has 92 valence electrons. The summed E-state index contributed by atoms with van der Waals surface area (Å²) in [5.41, 5.74) is 2.73. The molecule has 0 aliphatic heterocycles. The predicted molar refractivity (Wildman–Crippen MR) is 76.9 cm³/mol. The number of pyridine rings is 1. The molecule has 2 aromatic heterocycles. The van der Waals surface area contributed by atoms with Gasteiger partial charge in [-0.05, 0) is 24.6 Å². The number of nitrogens with two attached hydrogens (primary N) is 1. The Bertz CT molecular complexity index is 733. The fraction of sp³-hybridized carbons (Fsp3) is 0.231. The molecule has 5 heteroatoms. The number of benzene rings is 1. The van der Waals surface area contributed by atoms with Gasteiger partial charge in [-0.3, -0.25) is 4.98 Å². The van der Waals surface area contributed by atoms with E-state index in [1.165, 1.54) is 0 Å². The van der Waals surface area contributed by atoms with Crippen LogP contribution in [-0.4, -0.2) is 14.6 Å². The Balaban J connectivity index is 2.38. The Hall–Kier alpha value is -1.62. The van der Waals surface area contributed by atoms with Crippen LogP contribution in [0.25, 0.3) is 21.9 Å². The fourth-order valence-electron chi connectivity index (χ4n) is 2.20. The largest absolute Gasteiger partial charge is 0.337 e. The summed E-state index contributed by atoms with van der Waals surface area (Å²) in [4.78, 5) is 8.96. The lowest BCUT2D eigenvalue weighted by molar-refractivity contribution is 0.802. The van der Waals surface area contributed by atoms with Crippen LogP contribution >= 0.6 is 15.9 Å². The van der Waals surface area contributed by atoms with E-state index in [2.05, 4.69) is 32.8 Å². The van der Waals surface area contributed by atoms with Crippen molar-refractivity contribution in [2.24, 2.45) is 0 Å². The maximum atomic E-state index is 6.14. The molecule has 0 saturated carbocycles. The Kier molecular flexibility index (Phi) is 2.70. The van der Waals surface area contributed by atoms with Crippen LogP contribution in [0.15, 0.2) is 28.9 Å². The molecule has 0 aliphatic rings. The summed E-state index contributed by atoms with van der Waals surface area (Å²) in [6.07, 6.45) is 3.69. The number of halogens is 1. The van der Waals surface area contributed by atoms with Gasteiger partial charge in [-0.15, -0.1) is 0 Å². The highest BCUT2D eigenvalue weighted by Gasteiger charge is 2.11. The summed E-state index contributed by atoms with van der Waals surface area (Å²) < 4.78 is 2.70. The summed E-state index contributed by atoms with van der Waals surface area (Å²) in [7, 11) is 0. The van der Waals surface area contributed by atoms with Crippen LogP contribution in [0.5, 0.6) is 0 Å². The van der Waals surface area contributed by atoms with Crippen molar-refractivity contribution >= 4 is 37.9 Å². The number of aromatic nitrogens is 3. The number of imidazole rings is 1. The first-order valence-electron chi connectivity index (χ1n) is 5.91. The van der Waals surface area contributed by atoms with Gasteiger partial charge in [0.2, 0.25) is 0 Å². The first-order valence-corrected chi connectivity index (χ1v) is 6.70. The van der Waals surface area contributed by atoms with E-state index in [4.69, 9.17) is 5.84 Å². The number of fused-ring (bicyclic) bond motifs is 3. The average molecular weight is 305 g/mol. The highest BCUT2D eigenvalue weighted by molar-refractivity contribution is 9.10. The van der Waals surface area contributed by atoms with E-state index in [0.717, 1.165) is 45.1 Å². The van der Waals surface area contributed by atoms with E-state index in [9.17, 15) is 0 Å². The van der Waals surface area contributed by atoms with Gasteiger partial charge in [-0.1, -0.05) is 22.9 Å². The lowest BCUT2D eigenvalue weighted by Gasteiger charge is -2.03. The van der Waals surface area contributed by atoms with Crippen molar-refractivity contribution in [2.75, 3.05) is 5.84 Å². The van der Waals surface area contributed by atoms with Crippen molar-refractivity contribution < 1.29 is 0 Å². The number of nitrogen functional groups attached to an aromatic ring is 1. The van der Waals surface area contributed by atoms with Crippen molar-refractivity contribution in [3.8, 4) is 0 Å². The van der Waals surface area contributed by atoms with Gasteiger partial charge in [-0.25, -0.2) is 9.66 Å². The Morgan fingerprint density at radius 3 is 2.94 bits per heavy atom. The summed E-state index contributed by atoms with van der Waals surface area (Å²) in [6.45, 7) is 2.12. The van der Waals surface area contributed by atoms with E-state index in [1.807, 2.05) is 18.2 Å². The summed E-state index contributed by atoms with van der Waals surface area (Å²) in [5.74, 6) is 7.05. The Morgan fingerprint density at radius 1 is 1.33 bits per heavy atom. The van der Waals surface area contributed by atoms with E-state index in [-0.39, 0.29) is 0 Å². The van der Waals surface area contributed by atoms with Crippen molar-refractivity contribution in [1.29, 1.82) is 0 Å². The second kappa shape index (κ2) is 4.24. The van der Waals surface area contributed by atoms with Crippen LogP contribution in [0.4, 0.5) is 0 Å².